The second kappa shape index (κ2) is 8.23. The maximum absolute atomic E-state index is 12.9. The molecule has 1 aliphatic rings. The zero-order valence-electron chi connectivity index (χ0n) is 17.2. The lowest BCUT2D eigenvalue weighted by Gasteiger charge is -2.30. The summed E-state index contributed by atoms with van der Waals surface area (Å²) in [4.78, 5) is 16.5. The molecule has 0 N–H and O–H groups in total. The number of hydrogen-bond donors (Lipinski definition) is 0. The van der Waals surface area contributed by atoms with Crippen molar-refractivity contribution in [2.45, 2.75) is 57.5 Å². The Morgan fingerprint density at radius 3 is 2.34 bits per heavy atom. The summed E-state index contributed by atoms with van der Waals surface area (Å²) in [7, 11) is -3.58. The first kappa shape index (κ1) is 21.4. The van der Waals surface area contributed by atoms with E-state index < -0.39 is 10.0 Å². The molecular weight excluding hydrogens is 394 g/mol. The third kappa shape index (κ3) is 5.02. The van der Waals surface area contributed by atoms with Crippen molar-refractivity contribution in [3.8, 4) is 0 Å². The Balaban J connectivity index is 1.57. The Labute approximate surface area is 171 Å². The van der Waals surface area contributed by atoms with Gasteiger partial charge in [0.1, 0.15) is 0 Å². The lowest BCUT2D eigenvalue weighted by molar-refractivity contribution is -0.152. The molecule has 9 heteroatoms. The first-order valence-electron chi connectivity index (χ1n) is 9.64. The minimum atomic E-state index is -3.58. The molecule has 1 fully saturated rings. The molecule has 8 nitrogen and oxygen atoms in total. The largest absolute Gasteiger partial charge is 0.455 e. The van der Waals surface area contributed by atoms with E-state index in [9.17, 15) is 13.2 Å². The fraction of sp³-hybridized carbons (Fsp3) is 0.550. The number of nitrogens with zero attached hydrogens (tertiary/aromatic N) is 3. The third-order valence-corrected chi connectivity index (χ3v) is 6.97. The molecule has 0 saturated carbocycles. The van der Waals surface area contributed by atoms with Crippen molar-refractivity contribution < 1.29 is 22.5 Å². The highest BCUT2D eigenvalue weighted by Crippen LogP contribution is 2.27. The SMILES string of the molecule is Cc1noc(COC(=O)C2CCN(S(=O)(=O)c3ccc(C(C)(C)C)cc3)CC2)n1. The topological polar surface area (TPSA) is 103 Å². The van der Waals surface area contributed by atoms with Crippen LogP contribution in [0.4, 0.5) is 0 Å². The van der Waals surface area contributed by atoms with Crippen LogP contribution in [-0.4, -0.2) is 41.9 Å². The van der Waals surface area contributed by atoms with E-state index in [0.717, 1.165) is 5.56 Å². The van der Waals surface area contributed by atoms with Gasteiger partial charge in [-0.05, 0) is 42.9 Å². The standard InChI is InChI=1S/C20H27N3O5S/c1-14-21-18(28-22-14)13-27-19(24)15-9-11-23(12-10-15)29(25,26)17-7-5-16(6-8-17)20(2,3)4/h5-8,15H,9-13H2,1-4H3. The zero-order valence-corrected chi connectivity index (χ0v) is 18.0. The van der Waals surface area contributed by atoms with Crippen molar-refractivity contribution >= 4 is 16.0 Å². The Bertz CT molecular complexity index is 953. The van der Waals surface area contributed by atoms with E-state index in [1.165, 1.54) is 4.31 Å². The summed E-state index contributed by atoms with van der Waals surface area (Å²) >= 11 is 0. The number of carbonyl (C=O) groups excluding carboxylic acids is 1. The van der Waals surface area contributed by atoms with Crippen LogP contribution in [0.5, 0.6) is 0 Å². The van der Waals surface area contributed by atoms with E-state index in [2.05, 4.69) is 30.9 Å². The predicted molar refractivity (Wildman–Crippen MR) is 105 cm³/mol. The van der Waals surface area contributed by atoms with Gasteiger partial charge >= 0.3 is 5.97 Å². The fourth-order valence-electron chi connectivity index (χ4n) is 3.26. The van der Waals surface area contributed by atoms with E-state index in [4.69, 9.17) is 9.26 Å². The van der Waals surface area contributed by atoms with Crippen LogP contribution in [0.3, 0.4) is 0 Å². The first-order chi connectivity index (χ1) is 13.6. The van der Waals surface area contributed by atoms with E-state index >= 15 is 0 Å². The normalized spacial score (nSPS) is 16.7. The smallest absolute Gasteiger partial charge is 0.309 e. The minimum absolute atomic E-state index is 0.0408. The van der Waals surface area contributed by atoms with Gasteiger partial charge in [0.05, 0.1) is 10.8 Å². The van der Waals surface area contributed by atoms with Crippen molar-refractivity contribution in [2.75, 3.05) is 13.1 Å². The molecule has 0 amide bonds. The second-order valence-corrected chi connectivity index (χ2v) is 10.2. The minimum Gasteiger partial charge on any atom is -0.455 e. The summed E-state index contributed by atoms with van der Waals surface area (Å²) in [6, 6.07) is 7.03. The third-order valence-electron chi connectivity index (χ3n) is 5.05. The Morgan fingerprint density at radius 1 is 1.21 bits per heavy atom. The van der Waals surface area contributed by atoms with Gasteiger partial charge < -0.3 is 9.26 Å². The van der Waals surface area contributed by atoms with Crippen LogP contribution < -0.4 is 0 Å². The van der Waals surface area contributed by atoms with Gasteiger partial charge in [0, 0.05) is 13.1 Å². The Hall–Kier alpha value is -2.26. The molecule has 0 unspecified atom stereocenters. The zero-order chi connectivity index (χ0) is 21.2. The van der Waals surface area contributed by atoms with Crippen molar-refractivity contribution in [1.82, 2.24) is 14.4 Å². The molecule has 3 rings (SSSR count). The molecule has 1 aliphatic heterocycles. The molecule has 0 radical (unpaired) electrons. The summed E-state index contributed by atoms with van der Waals surface area (Å²) in [5.74, 6) is 0.0147. The molecule has 0 atom stereocenters. The summed E-state index contributed by atoms with van der Waals surface area (Å²) in [6.45, 7) is 8.42. The van der Waals surface area contributed by atoms with E-state index in [-0.39, 0.29) is 47.8 Å². The number of carbonyl (C=O) groups is 1. The average molecular weight is 422 g/mol. The molecule has 0 bridgehead atoms. The number of aromatic nitrogens is 2. The molecule has 2 heterocycles. The summed E-state index contributed by atoms with van der Waals surface area (Å²) in [6.07, 6.45) is 0.835. The highest BCUT2D eigenvalue weighted by Gasteiger charge is 2.33. The highest BCUT2D eigenvalue weighted by atomic mass is 32.2. The number of esters is 1. The van der Waals surface area contributed by atoms with Crippen LogP contribution in [0, 0.1) is 12.8 Å². The van der Waals surface area contributed by atoms with Crippen molar-refractivity contribution in [3.05, 3.63) is 41.5 Å². The quantitative estimate of drug-likeness (QED) is 0.684. The van der Waals surface area contributed by atoms with Crippen LogP contribution >= 0.6 is 0 Å². The number of ether oxygens (including phenoxy) is 1. The number of sulfonamides is 1. The van der Waals surface area contributed by atoms with Crippen molar-refractivity contribution in [2.24, 2.45) is 5.92 Å². The molecular formula is C20H27N3O5S. The molecule has 1 saturated heterocycles. The van der Waals surface area contributed by atoms with Crippen LogP contribution in [-0.2, 0) is 31.6 Å². The molecule has 158 valence electrons. The van der Waals surface area contributed by atoms with Gasteiger partial charge in [-0.25, -0.2) is 8.42 Å². The van der Waals surface area contributed by atoms with E-state index in [1.54, 1.807) is 19.1 Å². The van der Waals surface area contributed by atoms with Gasteiger partial charge in [-0.1, -0.05) is 38.1 Å². The Kier molecular flexibility index (Phi) is 6.09. The van der Waals surface area contributed by atoms with Gasteiger partial charge in [-0.2, -0.15) is 9.29 Å². The van der Waals surface area contributed by atoms with Gasteiger partial charge in [-0.3, -0.25) is 4.79 Å². The number of benzene rings is 1. The van der Waals surface area contributed by atoms with Crippen LogP contribution in [0.25, 0.3) is 0 Å². The van der Waals surface area contributed by atoms with Gasteiger partial charge in [-0.15, -0.1) is 0 Å². The summed E-state index contributed by atoms with van der Waals surface area (Å²) < 4.78 is 37.4. The fourth-order valence-corrected chi connectivity index (χ4v) is 4.73. The summed E-state index contributed by atoms with van der Waals surface area (Å²) in [5.41, 5.74) is 1.04. The van der Waals surface area contributed by atoms with E-state index in [1.807, 2.05) is 12.1 Å². The number of aryl methyl sites for hydroxylation is 1. The number of rotatable bonds is 5. The van der Waals surface area contributed by atoms with Crippen LogP contribution in [0.1, 0.15) is 50.9 Å². The van der Waals surface area contributed by atoms with E-state index in [0.29, 0.717) is 18.7 Å². The lowest BCUT2D eigenvalue weighted by atomic mass is 9.87. The summed E-state index contributed by atoms with van der Waals surface area (Å²) in [5, 5.41) is 3.64. The first-order valence-corrected chi connectivity index (χ1v) is 11.1. The average Bonchev–Trinajstić information content (AvgIpc) is 3.11. The molecule has 1 aromatic heterocycles. The molecule has 2 aromatic rings. The van der Waals surface area contributed by atoms with Gasteiger partial charge in [0.2, 0.25) is 10.0 Å². The van der Waals surface area contributed by atoms with Crippen LogP contribution in [0.15, 0.2) is 33.7 Å². The monoisotopic (exact) mass is 421 g/mol. The number of piperidine rings is 1. The predicted octanol–water partition coefficient (Wildman–Crippen LogP) is 2.82. The van der Waals surface area contributed by atoms with Gasteiger partial charge in [0.25, 0.3) is 5.89 Å². The van der Waals surface area contributed by atoms with Crippen LogP contribution in [0.2, 0.25) is 0 Å². The number of hydrogen-bond acceptors (Lipinski definition) is 7. The second-order valence-electron chi connectivity index (χ2n) is 8.30. The molecule has 0 aliphatic carbocycles. The van der Waals surface area contributed by atoms with Crippen molar-refractivity contribution in [1.29, 1.82) is 0 Å². The lowest BCUT2D eigenvalue weighted by Crippen LogP contribution is -2.40. The van der Waals surface area contributed by atoms with Crippen molar-refractivity contribution in [3.63, 3.8) is 0 Å². The highest BCUT2D eigenvalue weighted by molar-refractivity contribution is 7.89. The molecule has 0 spiro atoms. The van der Waals surface area contributed by atoms with Gasteiger partial charge in [0.15, 0.2) is 12.4 Å². The Morgan fingerprint density at radius 2 is 1.83 bits per heavy atom. The maximum Gasteiger partial charge on any atom is 0.309 e. The molecule has 1 aromatic carbocycles. The molecule has 29 heavy (non-hydrogen) atoms. The maximum atomic E-state index is 12.9.